The topological polar surface area (TPSA) is 51.2 Å². The van der Waals surface area contributed by atoms with Gasteiger partial charge in [0.05, 0.1) is 17.3 Å². The van der Waals surface area contributed by atoms with Gasteiger partial charge in [-0.05, 0) is 27.7 Å². The lowest BCUT2D eigenvalue weighted by Gasteiger charge is -2.17. The van der Waals surface area contributed by atoms with Crippen molar-refractivity contribution in [3.63, 3.8) is 0 Å². The largest absolute Gasteiger partial charge is 0.465 e. The standard InChI is InChI=1S/C11H18N2O2S/c1-5-15-11(14)10(12-7(2)3)9-6-16-8(4)13-9/h6-7,10,12H,5H2,1-4H3. The molecular formula is C11H18N2O2S. The van der Waals surface area contributed by atoms with Gasteiger partial charge in [-0.15, -0.1) is 11.3 Å². The Kier molecular flexibility index (Phi) is 4.89. The van der Waals surface area contributed by atoms with Crippen LogP contribution in [0.25, 0.3) is 0 Å². The van der Waals surface area contributed by atoms with E-state index in [1.165, 1.54) is 11.3 Å². The van der Waals surface area contributed by atoms with E-state index in [2.05, 4.69) is 10.3 Å². The van der Waals surface area contributed by atoms with Gasteiger partial charge >= 0.3 is 5.97 Å². The van der Waals surface area contributed by atoms with Gasteiger partial charge in [0, 0.05) is 11.4 Å². The smallest absolute Gasteiger partial charge is 0.329 e. The molecule has 0 amide bonds. The Morgan fingerprint density at radius 1 is 1.62 bits per heavy atom. The molecule has 0 bridgehead atoms. The van der Waals surface area contributed by atoms with Crippen molar-refractivity contribution in [2.45, 2.75) is 39.8 Å². The van der Waals surface area contributed by atoms with Gasteiger partial charge < -0.3 is 4.74 Å². The van der Waals surface area contributed by atoms with E-state index < -0.39 is 6.04 Å². The van der Waals surface area contributed by atoms with E-state index in [4.69, 9.17) is 4.74 Å². The van der Waals surface area contributed by atoms with E-state index in [0.717, 1.165) is 10.7 Å². The molecule has 0 spiro atoms. The summed E-state index contributed by atoms with van der Waals surface area (Å²) in [5, 5.41) is 6.01. The molecule has 1 N–H and O–H groups in total. The van der Waals surface area contributed by atoms with Crippen LogP contribution in [-0.2, 0) is 9.53 Å². The maximum Gasteiger partial charge on any atom is 0.329 e. The Morgan fingerprint density at radius 2 is 2.31 bits per heavy atom. The second kappa shape index (κ2) is 5.96. The van der Waals surface area contributed by atoms with Crippen molar-refractivity contribution in [2.24, 2.45) is 0 Å². The highest BCUT2D eigenvalue weighted by Crippen LogP contribution is 2.18. The van der Waals surface area contributed by atoms with Gasteiger partial charge in [0.1, 0.15) is 6.04 Å². The summed E-state index contributed by atoms with van der Waals surface area (Å²) in [5.74, 6) is -0.262. The van der Waals surface area contributed by atoms with Crippen molar-refractivity contribution in [3.05, 3.63) is 16.1 Å². The number of esters is 1. The van der Waals surface area contributed by atoms with Crippen LogP contribution in [0.1, 0.15) is 37.5 Å². The molecule has 0 saturated heterocycles. The molecule has 90 valence electrons. The van der Waals surface area contributed by atoms with Crippen LogP contribution in [0.15, 0.2) is 5.38 Å². The molecule has 1 aromatic heterocycles. The van der Waals surface area contributed by atoms with Crippen LogP contribution in [0.2, 0.25) is 0 Å². The van der Waals surface area contributed by atoms with Crippen LogP contribution in [0.5, 0.6) is 0 Å². The molecule has 0 aliphatic rings. The van der Waals surface area contributed by atoms with Crippen LogP contribution in [0, 0.1) is 6.92 Å². The fraction of sp³-hybridized carbons (Fsp3) is 0.636. The molecular weight excluding hydrogens is 224 g/mol. The summed E-state index contributed by atoms with van der Waals surface area (Å²) in [6.45, 7) is 8.09. The van der Waals surface area contributed by atoms with Crippen LogP contribution < -0.4 is 5.32 Å². The number of hydrogen-bond donors (Lipinski definition) is 1. The number of rotatable bonds is 5. The zero-order valence-electron chi connectivity index (χ0n) is 10.1. The monoisotopic (exact) mass is 242 g/mol. The fourth-order valence-electron chi connectivity index (χ4n) is 1.35. The van der Waals surface area contributed by atoms with Gasteiger partial charge in [-0.25, -0.2) is 9.78 Å². The molecule has 1 aromatic rings. The Morgan fingerprint density at radius 3 is 2.75 bits per heavy atom. The third-order valence-electron chi connectivity index (χ3n) is 1.95. The maximum atomic E-state index is 11.8. The van der Waals surface area contributed by atoms with E-state index in [0.29, 0.717) is 6.61 Å². The van der Waals surface area contributed by atoms with Gasteiger partial charge in [0.25, 0.3) is 0 Å². The van der Waals surface area contributed by atoms with Gasteiger partial charge in [-0.3, -0.25) is 5.32 Å². The minimum Gasteiger partial charge on any atom is -0.465 e. The van der Waals surface area contributed by atoms with Crippen molar-refractivity contribution in [2.75, 3.05) is 6.61 Å². The second-order valence-corrected chi connectivity index (χ2v) is 4.86. The summed E-state index contributed by atoms with van der Waals surface area (Å²) in [6, 6.07) is -0.249. The summed E-state index contributed by atoms with van der Waals surface area (Å²) in [6.07, 6.45) is 0. The number of aromatic nitrogens is 1. The quantitative estimate of drug-likeness (QED) is 0.803. The average Bonchev–Trinajstić information content (AvgIpc) is 2.61. The Labute approximate surface area is 100 Å². The van der Waals surface area contributed by atoms with E-state index >= 15 is 0 Å². The van der Waals surface area contributed by atoms with Crippen molar-refractivity contribution in [1.29, 1.82) is 0 Å². The molecule has 1 unspecified atom stereocenters. The zero-order valence-corrected chi connectivity index (χ0v) is 10.9. The lowest BCUT2D eigenvalue weighted by atomic mass is 10.2. The minimum absolute atomic E-state index is 0.205. The molecule has 4 nitrogen and oxygen atoms in total. The predicted molar refractivity (Wildman–Crippen MR) is 64.5 cm³/mol. The Balaban J connectivity index is 2.82. The highest BCUT2D eigenvalue weighted by molar-refractivity contribution is 7.09. The Bertz CT molecular complexity index is 350. The van der Waals surface area contributed by atoms with E-state index in [9.17, 15) is 4.79 Å². The average molecular weight is 242 g/mol. The Hall–Kier alpha value is -0.940. The molecule has 0 saturated carbocycles. The summed E-state index contributed by atoms with van der Waals surface area (Å²) in [7, 11) is 0. The molecule has 1 rings (SSSR count). The SMILES string of the molecule is CCOC(=O)C(NC(C)C)c1csc(C)n1. The lowest BCUT2D eigenvalue weighted by Crippen LogP contribution is -2.35. The number of ether oxygens (including phenoxy) is 1. The van der Waals surface area contributed by atoms with E-state index in [-0.39, 0.29) is 12.0 Å². The van der Waals surface area contributed by atoms with Gasteiger partial charge in [0.2, 0.25) is 0 Å². The first-order chi connectivity index (χ1) is 7.54. The normalized spacial score (nSPS) is 12.8. The highest BCUT2D eigenvalue weighted by atomic mass is 32.1. The highest BCUT2D eigenvalue weighted by Gasteiger charge is 2.24. The van der Waals surface area contributed by atoms with Crippen molar-refractivity contribution < 1.29 is 9.53 Å². The molecule has 5 heteroatoms. The van der Waals surface area contributed by atoms with Gasteiger partial charge in [-0.1, -0.05) is 0 Å². The van der Waals surface area contributed by atoms with Crippen LogP contribution >= 0.6 is 11.3 Å². The summed E-state index contributed by atoms with van der Waals surface area (Å²) in [4.78, 5) is 16.1. The number of nitrogens with zero attached hydrogens (tertiary/aromatic N) is 1. The van der Waals surface area contributed by atoms with E-state index in [1.807, 2.05) is 26.2 Å². The molecule has 0 fully saturated rings. The molecule has 1 atom stereocenters. The van der Waals surface area contributed by atoms with Crippen LogP contribution in [0.3, 0.4) is 0 Å². The number of thiazole rings is 1. The molecule has 0 radical (unpaired) electrons. The van der Waals surface area contributed by atoms with Crippen LogP contribution in [0.4, 0.5) is 0 Å². The number of aryl methyl sites for hydroxylation is 1. The minimum atomic E-state index is -0.454. The molecule has 16 heavy (non-hydrogen) atoms. The first-order valence-electron chi connectivity index (χ1n) is 5.39. The van der Waals surface area contributed by atoms with Gasteiger partial charge in [0.15, 0.2) is 0 Å². The van der Waals surface area contributed by atoms with Crippen molar-refractivity contribution in [3.8, 4) is 0 Å². The molecule has 0 aliphatic heterocycles. The first kappa shape index (κ1) is 13.1. The van der Waals surface area contributed by atoms with Crippen molar-refractivity contribution >= 4 is 17.3 Å². The third kappa shape index (κ3) is 3.57. The zero-order chi connectivity index (χ0) is 12.1. The number of carbonyl (C=O) groups is 1. The maximum absolute atomic E-state index is 11.8. The molecule has 1 heterocycles. The molecule has 0 aromatic carbocycles. The second-order valence-electron chi connectivity index (χ2n) is 3.80. The summed E-state index contributed by atoms with van der Waals surface area (Å²) < 4.78 is 5.03. The number of carbonyl (C=O) groups excluding carboxylic acids is 1. The van der Waals surface area contributed by atoms with E-state index in [1.54, 1.807) is 6.92 Å². The predicted octanol–water partition coefficient (Wildman–Crippen LogP) is 2.05. The molecule has 0 aliphatic carbocycles. The summed E-state index contributed by atoms with van der Waals surface area (Å²) in [5.41, 5.74) is 0.745. The van der Waals surface area contributed by atoms with Crippen LogP contribution in [-0.4, -0.2) is 23.6 Å². The lowest BCUT2D eigenvalue weighted by molar-refractivity contribution is -0.146. The number of nitrogens with one attached hydrogen (secondary N) is 1. The first-order valence-corrected chi connectivity index (χ1v) is 6.27. The fourth-order valence-corrected chi connectivity index (χ4v) is 1.98. The third-order valence-corrected chi connectivity index (χ3v) is 2.75. The van der Waals surface area contributed by atoms with Crippen molar-refractivity contribution in [1.82, 2.24) is 10.3 Å². The van der Waals surface area contributed by atoms with Gasteiger partial charge in [-0.2, -0.15) is 0 Å². The number of hydrogen-bond acceptors (Lipinski definition) is 5. The summed E-state index contributed by atoms with van der Waals surface area (Å²) >= 11 is 1.54.